The Morgan fingerprint density at radius 2 is 1.72 bits per heavy atom. The third-order valence-corrected chi connectivity index (χ3v) is 9.41. The molecule has 11 heteroatoms. The standard InChI is InChI=1S/C32H31BrClN3O5S/c1-21-9-13-27(14-10-21)43(39,40)37(26-12-11-22(2)23(3)15-26)19-31(38)36-35-18-24-16-28(33)32(30(17-24)41-4)42-20-25-7-5-6-8-29(25)34/h5-18H,19-20H2,1-4H3,(H,36,38)/b35-18-. The highest BCUT2D eigenvalue weighted by molar-refractivity contribution is 9.10. The third-order valence-electron chi connectivity index (χ3n) is 6.66. The van der Waals surface area contributed by atoms with E-state index >= 15 is 0 Å². The molecule has 0 unspecified atom stereocenters. The summed E-state index contributed by atoms with van der Waals surface area (Å²) in [5, 5.41) is 4.65. The van der Waals surface area contributed by atoms with Gasteiger partial charge < -0.3 is 9.47 Å². The second-order valence-corrected chi connectivity index (χ2v) is 12.9. The van der Waals surface area contributed by atoms with E-state index in [0.29, 0.717) is 32.2 Å². The van der Waals surface area contributed by atoms with Gasteiger partial charge in [0, 0.05) is 10.6 Å². The number of carbonyl (C=O) groups excluding carboxylic acids is 1. The minimum absolute atomic E-state index is 0.0846. The molecule has 0 aromatic heterocycles. The Bertz CT molecular complexity index is 1760. The molecule has 4 rings (SSSR count). The van der Waals surface area contributed by atoms with Gasteiger partial charge in [0.2, 0.25) is 0 Å². The molecular weight excluding hydrogens is 654 g/mol. The summed E-state index contributed by atoms with van der Waals surface area (Å²) in [5.41, 5.74) is 7.08. The monoisotopic (exact) mass is 683 g/mol. The number of amides is 1. The normalized spacial score (nSPS) is 11.4. The smallest absolute Gasteiger partial charge is 0.264 e. The van der Waals surface area contributed by atoms with Crippen LogP contribution in [0.3, 0.4) is 0 Å². The van der Waals surface area contributed by atoms with Crippen molar-refractivity contribution in [3.8, 4) is 11.5 Å². The number of hydrazone groups is 1. The maximum atomic E-state index is 13.6. The quantitative estimate of drug-likeness (QED) is 0.136. The first-order valence-corrected chi connectivity index (χ1v) is 15.8. The predicted molar refractivity (Wildman–Crippen MR) is 174 cm³/mol. The summed E-state index contributed by atoms with van der Waals surface area (Å²) in [6, 6.07) is 22.6. The summed E-state index contributed by atoms with van der Waals surface area (Å²) in [7, 11) is -2.53. The first-order chi connectivity index (χ1) is 20.5. The number of hydrogen-bond donors (Lipinski definition) is 1. The van der Waals surface area contributed by atoms with Gasteiger partial charge in [0.15, 0.2) is 11.5 Å². The molecule has 0 saturated carbocycles. The number of benzene rings is 4. The molecule has 8 nitrogen and oxygen atoms in total. The van der Waals surface area contributed by atoms with Gasteiger partial charge in [0.25, 0.3) is 15.9 Å². The highest BCUT2D eigenvalue weighted by Gasteiger charge is 2.27. The summed E-state index contributed by atoms with van der Waals surface area (Å²) in [6.45, 7) is 5.46. The molecule has 0 saturated heterocycles. The van der Waals surface area contributed by atoms with Gasteiger partial charge in [-0.25, -0.2) is 13.8 Å². The molecule has 0 atom stereocenters. The van der Waals surface area contributed by atoms with Crippen LogP contribution in [-0.2, 0) is 21.4 Å². The Kier molecular flexibility index (Phi) is 10.5. The molecule has 0 aliphatic rings. The molecule has 4 aromatic rings. The largest absolute Gasteiger partial charge is 0.493 e. The van der Waals surface area contributed by atoms with Gasteiger partial charge in [-0.3, -0.25) is 9.10 Å². The molecule has 4 aromatic carbocycles. The first kappa shape index (κ1) is 32.1. The lowest BCUT2D eigenvalue weighted by Crippen LogP contribution is -2.39. The van der Waals surface area contributed by atoms with Crippen LogP contribution in [0.2, 0.25) is 5.02 Å². The van der Waals surface area contributed by atoms with E-state index in [9.17, 15) is 13.2 Å². The fourth-order valence-electron chi connectivity index (χ4n) is 4.10. The van der Waals surface area contributed by atoms with E-state index in [1.165, 1.54) is 25.5 Å². The average Bonchev–Trinajstić information content (AvgIpc) is 2.97. The summed E-state index contributed by atoms with van der Waals surface area (Å²) >= 11 is 9.75. The molecule has 1 N–H and O–H groups in total. The zero-order chi connectivity index (χ0) is 31.1. The van der Waals surface area contributed by atoms with E-state index in [2.05, 4.69) is 26.5 Å². The molecule has 0 heterocycles. The lowest BCUT2D eigenvalue weighted by atomic mass is 10.1. The van der Waals surface area contributed by atoms with Crippen LogP contribution >= 0.6 is 27.5 Å². The van der Waals surface area contributed by atoms with E-state index in [4.69, 9.17) is 21.1 Å². The van der Waals surface area contributed by atoms with Crippen LogP contribution in [0.15, 0.2) is 93.3 Å². The lowest BCUT2D eigenvalue weighted by Gasteiger charge is -2.24. The maximum Gasteiger partial charge on any atom is 0.264 e. The number of aryl methyl sites for hydroxylation is 3. The van der Waals surface area contributed by atoms with Crippen LogP contribution in [0.1, 0.15) is 27.8 Å². The SMILES string of the molecule is COc1cc(/C=N\NC(=O)CN(c2ccc(C)c(C)c2)S(=O)(=O)c2ccc(C)cc2)cc(Br)c1OCc1ccccc1Cl. The lowest BCUT2D eigenvalue weighted by molar-refractivity contribution is -0.119. The Morgan fingerprint density at radius 1 is 1.00 bits per heavy atom. The van der Waals surface area contributed by atoms with Gasteiger partial charge >= 0.3 is 0 Å². The summed E-state index contributed by atoms with van der Waals surface area (Å²) in [6.07, 6.45) is 1.43. The van der Waals surface area contributed by atoms with Crippen LogP contribution in [0.4, 0.5) is 5.69 Å². The minimum atomic E-state index is -4.04. The Morgan fingerprint density at radius 3 is 2.40 bits per heavy atom. The third kappa shape index (κ3) is 7.95. The molecule has 1 amide bonds. The maximum absolute atomic E-state index is 13.6. The predicted octanol–water partition coefficient (Wildman–Crippen LogP) is 6.96. The fraction of sp³-hybridized carbons (Fsp3) is 0.188. The molecule has 43 heavy (non-hydrogen) atoms. The van der Waals surface area contributed by atoms with E-state index in [1.807, 2.05) is 45.0 Å². The number of anilines is 1. The molecular formula is C32H31BrClN3O5S. The number of carbonyl (C=O) groups is 1. The van der Waals surface area contributed by atoms with E-state index in [1.54, 1.807) is 42.5 Å². The topological polar surface area (TPSA) is 97.3 Å². The second-order valence-electron chi connectivity index (χ2n) is 9.80. The molecule has 0 bridgehead atoms. The van der Waals surface area contributed by atoms with Crippen molar-refractivity contribution in [3.05, 3.63) is 116 Å². The second kappa shape index (κ2) is 14.1. The van der Waals surface area contributed by atoms with Crippen molar-refractivity contribution < 1.29 is 22.7 Å². The number of halogens is 2. The van der Waals surface area contributed by atoms with Crippen LogP contribution < -0.4 is 19.2 Å². The van der Waals surface area contributed by atoms with Gasteiger partial charge in [-0.2, -0.15) is 5.10 Å². The Hall–Kier alpha value is -3.86. The highest BCUT2D eigenvalue weighted by atomic mass is 79.9. The number of sulfonamides is 1. The number of methoxy groups -OCH3 is 1. The van der Waals surface area contributed by atoms with Gasteiger partial charge in [-0.05, 0) is 95.9 Å². The van der Waals surface area contributed by atoms with Crippen molar-refractivity contribution in [2.45, 2.75) is 32.3 Å². The summed E-state index contributed by atoms with van der Waals surface area (Å²) < 4.78 is 40.5. The van der Waals surface area contributed by atoms with Gasteiger partial charge in [0.1, 0.15) is 13.2 Å². The first-order valence-electron chi connectivity index (χ1n) is 13.2. The van der Waals surface area contributed by atoms with E-state index < -0.39 is 22.5 Å². The zero-order valence-electron chi connectivity index (χ0n) is 24.1. The van der Waals surface area contributed by atoms with Gasteiger partial charge in [-0.1, -0.05) is 53.6 Å². The van der Waals surface area contributed by atoms with Crippen LogP contribution in [0.25, 0.3) is 0 Å². The molecule has 0 radical (unpaired) electrons. The van der Waals surface area contributed by atoms with E-state index in [0.717, 1.165) is 26.6 Å². The Labute approximate surface area is 265 Å². The zero-order valence-corrected chi connectivity index (χ0v) is 27.3. The number of ether oxygens (including phenoxy) is 2. The summed E-state index contributed by atoms with van der Waals surface area (Å²) in [4.78, 5) is 13.1. The van der Waals surface area contributed by atoms with Crippen molar-refractivity contribution in [3.63, 3.8) is 0 Å². The summed E-state index contributed by atoms with van der Waals surface area (Å²) in [5.74, 6) is 0.309. The number of rotatable bonds is 11. The minimum Gasteiger partial charge on any atom is -0.493 e. The molecule has 0 fully saturated rings. The van der Waals surface area contributed by atoms with Crippen LogP contribution in [-0.4, -0.2) is 34.2 Å². The van der Waals surface area contributed by atoms with Crippen molar-refractivity contribution in [1.29, 1.82) is 0 Å². The molecule has 0 aliphatic heterocycles. The number of nitrogens with one attached hydrogen (secondary N) is 1. The van der Waals surface area contributed by atoms with Gasteiger partial charge in [-0.15, -0.1) is 0 Å². The number of hydrogen-bond acceptors (Lipinski definition) is 6. The van der Waals surface area contributed by atoms with Crippen LogP contribution in [0, 0.1) is 20.8 Å². The van der Waals surface area contributed by atoms with Gasteiger partial charge in [0.05, 0.1) is 28.4 Å². The highest BCUT2D eigenvalue weighted by Crippen LogP contribution is 2.37. The van der Waals surface area contributed by atoms with Crippen molar-refractivity contribution in [2.24, 2.45) is 5.10 Å². The number of nitrogens with zero attached hydrogens (tertiary/aromatic N) is 2. The Balaban J connectivity index is 1.51. The van der Waals surface area contributed by atoms with Crippen molar-refractivity contribution >= 4 is 55.4 Å². The van der Waals surface area contributed by atoms with Crippen molar-refractivity contribution in [1.82, 2.24) is 5.43 Å². The van der Waals surface area contributed by atoms with Crippen LogP contribution in [0.5, 0.6) is 11.5 Å². The molecule has 0 spiro atoms. The fourth-order valence-corrected chi connectivity index (χ4v) is 6.27. The molecule has 224 valence electrons. The average molecular weight is 685 g/mol. The molecule has 0 aliphatic carbocycles. The van der Waals surface area contributed by atoms with E-state index in [-0.39, 0.29) is 11.5 Å². The van der Waals surface area contributed by atoms with Crippen molar-refractivity contribution in [2.75, 3.05) is 18.0 Å².